The summed E-state index contributed by atoms with van der Waals surface area (Å²) in [6.45, 7) is 4.11. The van der Waals surface area contributed by atoms with Crippen LogP contribution in [-0.2, 0) is 22.6 Å². The number of likely N-dealkylation sites (N-methyl/N-ethyl adjacent to an activating group) is 1. The molecule has 220 valence electrons. The van der Waals surface area contributed by atoms with Gasteiger partial charge in [-0.25, -0.2) is 9.18 Å². The summed E-state index contributed by atoms with van der Waals surface area (Å²) < 4.78 is 15.9. The first-order valence-corrected chi connectivity index (χ1v) is 13.3. The molecule has 0 radical (unpaired) electrons. The largest absolute Gasteiger partial charge is 0.465 e. The smallest absolute Gasteiger partial charge is 0.407 e. The number of halogens is 1. The number of carbonyl (C=O) groups is 3. The number of aromatic amines is 1. The number of carboxylic acid groups (broad SMARTS) is 1. The molecule has 0 unspecified atom stereocenters. The van der Waals surface area contributed by atoms with E-state index in [1.807, 2.05) is 13.8 Å². The highest BCUT2D eigenvalue weighted by Gasteiger charge is 2.23. The van der Waals surface area contributed by atoms with Crippen LogP contribution in [0.25, 0.3) is 10.9 Å². The summed E-state index contributed by atoms with van der Waals surface area (Å²) in [4.78, 5) is 59.4. The van der Waals surface area contributed by atoms with Gasteiger partial charge in [-0.1, -0.05) is 19.9 Å². The summed E-state index contributed by atoms with van der Waals surface area (Å²) in [5.41, 5.74) is 1.50. The standard InChI is InChI=1S/C29H37FN6O5/c1-18(2)13-24-26-21(22(30)15-31-24)14-20(32-26)17-36-12-8-10-23(28(36)39)33-27(38)19(16-35(5)29(40)41)9-6-7-11-25(37)34(3)4/h7-8,10-12,14-15,18-19,32H,6,9,13,16-17H2,1-5H3,(H,33,38)(H,40,41)/b11-7+/t19-/m0/s1. The number of pyridine rings is 2. The van der Waals surface area contributed by atoms with Crippen LogP contribution in [0.1, 0.15) is 38.1 Å². The van der Waals surface area contributed by atoms with E-state index in [1.54, 1.807) is 38.5 Å². The first-order chi connectivity index (χ1) is 19.4. The molecular formula is C29H37FN6O5. The first kappa shape index (κ1) is 31.1. The van der Waals surface area contributed by atoms with Crippen molar-refractivity contribution >= 4 is 34.5 Å². The lowest BCUT2D eigenvalue weighted by atomic mass is 10.0. The number of hydrogen-bond acceptors (Lipinski definition) is 5. The van der Waals surface area contributed by atoms with E-state index in [0.29, 0.717) is 35.4 Å². The van der Waals surface area contributed by atoms with Gasteiger partial charge < -0.3 is 29.8 Å². The molecule has 0 saturated carbocycles. The molecule has 3 rings (SSSR count). The van der Waals surface area contributed by atoms with Crippen LogP contribution in [0.4, 0.5) is 14.9 Å². The lowest BCUT2D eigenvalue weighted by Crippen LogP contribution is -2.37. The second-order valence-corrected chi connectivity index (χ2v) is 10.7. The molecule has 0 bridgehead atoms. The van der Waals surface area contributed by atoms with E-state index in [4.69, 9.17) is 0 Å². The molecule has 0 aromatic carbocycles. The van der Waals surface area contributed by atoms with E-state index in [9.17, 15) is 28.7 Å². The van der Waals surface area contributed by atoms with Gasteiger partial charge in [-0.3, -0.25) is 19.4 Å². The molecule has 0 fully saturated rings. The number of amides is 3. The highest BCUT2D eigenvalue weighted by atomic mass is 19.1. The van der Waals surface area contributed by atoms with Gasteiger partial charge in [0.05, 0.1) is 29.9 Å². The molecule has 0 aliphatic heterocycles. The second kappa shape index (κ2) is 13.7. The van der Waals surface area contributed by atoms with E-state index in [2.05, 4.69) is 15.3 Å². The van der Waals surface area contributed by atoms with Crippen molar-refractivity contribution in [2.75, 3.05) is 33.0 Å². The highest BCUT2D eigenvalue weighted by Crippen LogP contribution is 2.23. The second-order valence-electron chi connectivity index (χ2n) is 10.7. The van der Waals surface area contributed by atoms with Crippen molar-refractivity contribution in [3.05, 3.63) is 70.3 Å². The lowest BCUT2D eigenvalue weighted by molar-refractivity contribution is -0.123. The van der Waals surface area contributed by atoms with Crippen LogP contribution in [-0.4, -0.2) is 75.0 Å². The average molecular weight is 569 g/mol. The van der Waals surface area contributed by atoms with E-state index < -0.39 is 29.3 Å². The number of aromatic nitrogens is 3. The van der Waals surface area contributed by atoms with Crippen LogP contribution in [0, 0.1) is 17.7 Å². The van der Waals surface area contributed by atoms with Crippen molar-refractivity contribution in [2.45, 2.75) is 39.7 Å². The molecule has 0 aliphatic carbocycles. The maximum atomic E-state index is 14.5. The Kier molecular flexibility index (Phi) is 10.4. The Bertz CT molecular complexity index is 1490. The summed E-state index contributed by atoms with van der Waals surface area (Å²) >= 11 is 0. The fourth-order valence-corrected chi connectivity index (χ4v) is 4.34. The zero-order valence-corrected chi connectivity index (χ0v) is 24.0. The predicted octanol–water partition coefficient (Wildman–Crippen LogP) is 3.70. The monoisotopic (exact) mass is 568 g/mol. The predicted molar refractivity (Wildman–Crippen MR) is 154 cm³/mol. The molecule has 3 amide bonds. The highest BCUT2D eigenvalue weighted by molar-refractivity contribution is 5.92. The maximum Gasteiger partial charge on any atom is 0.407 e. The third-order valence-corrected chi connectivity index (χ3v) is 6.55. The molecule has 11 nitrogen and oxygen atoms in total. The maximum absolute atomic E-state index is 14.5. The van der Waals surface area contributed by atoms with Crippen molar-refractivity contribution in [1.82, 2.24) is 24.3 Å². The Labute approximate surface area is 237 Å². The Hall–Kier alpha value is -4.48. The Balaban J connectivity index is 1.80. The van der Waals surface area contributed by atoms with Crippen molar-refractivity contribution in [3.8, 4) is 0 Å². The fourth-order valence-electron chi connectivity index (χ4n) is 4.34. The van der Waals surface area contributed by atoms with Gasteiger partial charge in [-0.15, -0.1) is 0 Å². The third kappa shape index (κ3) is 8.26. The van der Waals surface area contributed by atoms with E-state index in [0.717, 1.165) is 10.6 Å². The number of rotatable bonds is 12. The van der Waals surface area contributed by atoms with E-state index >= 15 is 0 Å². The molecular weight excluding hydrogens is 531 g/mol. The number of carbonyl (C=O) groups excluding carboxylic acids is 2. The van der Waals surface area contributed by atoms with Crippen molar-refractivity contribution < 1.29 is 23.9 Å². The summed E-state index contributed by atoms with van der Waals surface area (Å²) in [5, 5.41) is 12.3. The Morgan fingerprint density at radius 3 is 2.63 bits per heavy atom. The zero-order valence-electron chi connectivity index (χ0n) is 24.0. The van der Waals surface area contributed by atoms with Crippen LogP contribution in [0.3, 0.4) is 0 Å². The van der Waals surface area contributed by atoms with Gasteiger partial charge >= 0.3 is 6.09 Å². The summed E-state index contributed by atoms with van der Waals surface area (Å²) in [7, 11) is 4.60. The molecule has 0 saturated heterocycles. The van der Waals surface area contributed by atoms with Crippen LogP contribution < -0.4 is 10.9 Å². The van der Waals surface area contributed by atoms with Crippen LogP contribution in [0.2, 0.25) is 0 Å². The molecule has 3 aromatic heterocycles. The van der Waals surface area contributed by atoms with Gasteiger partial charge in [-0.2, -0.15) is 0 Å². The average Bonchev–Trinajstić information content (AvgIpc) is 3.34. The van der Waals surface area contributed by atoms with Gasteiger partial charge in [0.15, 0.2) is 5.82 Å². The SMILES string of the molecule is CC(C)Cc1ncc(F)c2cc(Cn3cccc(NC(=O)[C@@H](CC/C=C/C(=O)N(C)C)CN(C)C(=O)O)c3=O)[nH]c12. The summed E-state index contributed by atoms with van der Waals surface area (Å²) in [5.74, 6) is -1.63. The minimum absolute atomic E-state index is 0.0308. The van der Waals surface area contributed by atoms with Crippen molar-refractivity contribution in [2.24, 2.45) is 11.8 Å². The Morgan fingerprint density at radius 2 is 1.98 bits per heavy atom. The molecule has 0 aliphatic rings. The van der Waals surface area contributed by atoms with Crippen LogP contribution >= 0.6 is 0 Å². The fraction of sp³-hybridized carbons (Fsp3) is 0.414. The lowest BCUT2D eigenvalue weighted by Gasteiger charge is -2.21. The van der Waals surface area contributed by atoms with Crippen LogP contribution in [0.15, 0.2) is 47.5 Å². The van der Waals surface area contributed by atoms with Gasteiger partial charge in [0.25, 0.3) is 5.56 Å². The van der Waals surface area contributed by atoms with E-state index in [-0.39, 0.29) is 31.1 Å². The van der Waals surface area contributed by atoms with Gasteiger partial charge in [0.2, 0.25) is 11.8 Å². The van der Waals surface area contributed by atoms with Gasteiger partial charge in [-0.05, 0) is 49.5 Å². The van der Waals surface area contributed by atoms with Crippen molar-refractivity contribution in [3.63, 3.8) is 0 Å². The van der Waals surface area contributed by atoms with Gasteiger partial charge in [0.1, 0.15) is 5.69 Å². The molecule has 3 N–H and O–H groups in total. The topological polar surface area (TPSA) is 141 Å². The number of nitrogens with one attached hydrogen (secondary N) is 2. The first-order valence-electron chi connectivity index (χ1n) is 13.3. The molecule has 3 aromatic rings. The summed E-state index contributed by atoms with van der Waals surface area (Å²) in [6, 6.07) is 4.74. The normalized spacial score (nSPS) is 12.2. The molecule has 41 heavy (non-hydrogen) atoms. The quantitative estimate of drug-likeness (QED) is 0.285. The molecule has 0 spiro atoms. The number of fused-ring (bicyclic) bond motifs is 1. The minimum atomic E-state index is -1.19. The summed E-state index contributed by atoms with van der Waals surface area (Å²) in [6.07, 6.45) is 5.88. The Morgan fingerprint density at radius 1 is 1.24 bits per heavy atom. The molecule has 1 atom stereocenters. The van der Waals surface area contributed by atoms with Gasteiger partial charge in [0, 0.05) is 45.0 Å². The molecule has 3 heterocycles. The number of H-pyrrole nitrogens is 1. The molecule has 12 heteroatoms. The minimum Gasteiger partial charge on any atom is -0.465 e. The van der Waals surface area contributed by atoms with E-state index in [1.165, 1.54) is 34.9 Å². The number of nitrogens with zero attached hydrogens (tertiary/aromatic N) is 4. The van der Waals surface area contributed by atoms with Crippen molar-refractivity contribution in [1.29, 1.82) is 0 Å². The third-order valence-electron chi connectivity index (χ3n) is 6.55. The number of hydrogen-bond donors (Lipinski definition) is 3. The van der Waals surface area contributed by atoms with Crippen LogP contribution in [0.5, 0.6) is 0 Å². The number of allylic oxidation sites excluding steroid dienone is 1. The zero-order chi connectivity index (χ0) is 30.3. The number of anilines is 1.